The molecule has 4 unspecified atom stereocenters. The minimum absolute atomic E-state index is 0.172. The minimum Gasteiger partial charge on any atom is -0.394 e. The summed E-state index contributed by atoms with van der Waals surface area (Å²) in [6.07, 6.45) is -0.911. The quantitative estimate of drug-likeness (QED) is 0.718. The lowest BCUT2D eigenvalue weighted by Crippen LogP contribution is -2.52. The standard InChI is InChI=1S/C22H26N2O4/c25-14-19-21(26)20(24-11-10-15-6-4-5-9-17(15)13-24)18(28-19)12-23-22(27)16-7-2-1-3-8-16/h1-9,18-21,25-26H,10-14H2,(H,23,27). The number of aliphatic hydroxyl groups is 2. The number of hydrogen-bond donors (Lipinski definition) is 3. The first-order chi connectivity index (χ1) is 13.7. The zero-order valence-electron chi connectivity index (χ0n) is 15.7. The Morgan fingerprint density at radius 2 is 1.79 bits per heavy atom. The van der Waals surface area contributed by atoms with Crippen molar-refractivity contribution in [3.8, 4) is 0 Å². The lowest BCUT2D eigenvalue weighted by Gasteiger charge is -2.37. The molecule has 1 saturated heterocycles. The SMILES string of the molecule is O=C(NCC1OC(CO)C(O)C1N1CCc2ccccc2C1)c1ccccc1. The van der Waals surface area contributed by atoms with Gasteiger partial charge in [0, 0.05) is 25.2 Å². The van der Waals surface area contributed by atoms with Gasteiger partial charge in [-0.2, -0.15) is 0 Å². The van der Waals surface area contributed by atoms with Gasteiger partial charge in [0.15, 0.2) is 0 Å². The average Bonchev–Trinajstić information content (AvgIpc) is 3.07. The predicted molar refractivity (Wildman–Crippen MR) is 105 cm³/mol. The zero-order valence-corrected chi connectivity index (χ0v) is 15.7. The predicted octanol–water partition coefficient (Wildman–Crippen LogP) is 0.964. The van der Waals surface area contributed by atoms with Crippen LogP contribution in [0.4, 0.5) is 0 Å². The van der Waals surface area contributed by atoms with Gasteiger partial charge in [-0.15, -0.1) is 0 Å². The molecular formula is C22H26N2O4. The molecule has 28 heavy (non-hydrogen) atoms. The van der Waals surface area contributed by atoms with Crippen LogP contribution in [-0.2, 0) is 17.7 Å². The first-order valence-electron chi connectivity index (χ1n) is 9.76. The Kier molecular flexibility index (Phi) is 5.73. The Morgan fingerprint density at radius 1 is 1.07 bits per heavy atom. The minimum atomic E-state index is -0.797. The number of nitrogens with one attached hydrogen (secondary N) is 1. The Bertz CT molecular complexity index is 813. The molecule has 148 valence electrons. The third-order valence-corrected chi connectivity index (χ3v) is 5.72. The molecule has 1 amide bonds. The van der Waals surface area contributed by atoms with E-state index in [2.05, 4.69) is 22.3 Å². The van der Waals surface area contributed by atoms with Gasteiger partial charge in [-0.05, 0) is 29.7 Å². The van der Waals surface area contributed by atoms with Gasteiger partial charge in [-0.1, -0.05) is 42.5 Å². The van der Waals surface area contributed by atoms with Crippen LogP contribution in [-0.4, -0.2) is 65.1 Å². The van der Waals surface area contributed by atoms with Crippen LogP contribution in [0.3, 0.4) is 0 Å². The van der Waals surface area contributed by atoms with Crippen molar-refractivity contribution in [3.63, 3.8) is 0 Å². The molecule has 2 aliphatic heterocycles. The third kappa shape index (κ3) is 3.82. The van der Waals surface area contributed by atoms with Crippen molar-refractivity contribution < 1.29 is 19.7 Å². The van der Waals surface area contributed by atoms with Crippen molar-refractivity contribution in [2.45, 2.75) is 37.3 Å². The van der Waals surface area contributed by atoms with Crippen LogP contribution >= 0.6 is 0 Å². The molecule has 6 nitrogen and oxygen atoms in total. The van der Waals surface area contributed by atoms with Crippen molar-refractivity contribution in [1.82, 2.24) is 10.2 Å². The van der Waals surface area contributed by atoms with E-state index in [1.165, 1.54) is 11.1 Å². The fourth-order valence-electron chi connectivity index (χ4n) is 4.25. The largest absolute Gasteiger partial charge is 0.394 e. The molecule has 1 fully saturated rings. The molecule has 2 aliphatic rings. The second kappa shape index (κ2) is 8.41. The molecule has 4 atom stereocenters. The lowest BCUT2D eigenvalue weighted by molar-refractivity contribution is -0.0209. The molecular weight excluding hydrogens is 356 g/mol. The van der Waals surface area contributed by atoms with Crippen LogP contribution in [0.1, 0.15) is 21.5 Å². The number of rotatable bonds is 5. The molecule has 2 heterocycles. The monoisotopic (exact) mass is 382 g/mol. The number of ether oxygens (including phenoxy) is 1. The number of fused-ring (bicyclic) bond motifs is 1. The highest BCUT2D eigenvalue weighted by Gasteiger charge is 2.46. The van der Waals surface area contributed by atoms with Gasteiger partial charge in [0.1, 0.15) is 12.2 Å². The number of carbonyl (C=O) groups excluding carboxylic acids is 1. The summed E-state index contributed by atoms with van der Waals surface area (Å²) in [6, 6.07) is 17.1. The van der Waals surface area contributed by atoms with Crippen LogP contribution in [0.5, 0.6) is 0 Å². The van der Waals surface area contributed by atoms with E-state index in [1.807, 2.05) is 30.3 Å². The van der Waals surface area contributed by atoms with Gasteiger partial charge in [0.2, 0.25) is 0 Å². The van der Waals surface area contributed by atoms with Gasteiger partial charge >= 0.3 is 0 Å². The molecule has 0 aliphatic carbocycles. The number of carbonyl (C=O) groups is 1. The third-order valence-electron chi connectivity index (χ3n) is 5.72. The molecule has 2 aromatic rings. The fourth-order valence-corrected chi connectivity index (χ4v) is 4.25. The van der Waals surface area contributed by atoms with E-state index in [-0.39, 0.29) is 31.2 Å². The normalized spacial score (nSPS) is 27.4. The first-order valence-corrected chi connectivity index (χ1v) is 9.76. The summed E-state index contributed by atoms with van der Waals surface area (Å²) in [5.41, 5.74) is 3.17. The summed E-state index contributed by atoms with van der Waals surface area (Å²) in [5.74, 6) is -0.172. The van der Waals surface area contributed by atoms with Gasteiger partial charge in [0.05, 0.1) is 18.8 Å². The topological polar surface area (TPSA) is 82.0 Å². The van der Waals surface area contributed by atoms with Crippen molar-refractivity contribution >= 4 is 5.91 Å². The van der Waals surface area contributed by atoms with Crippen molar-refractivity contribution in [2.75, 3.05) is 19.7 Å². The molecule has 0 aromatic heterocycles. The van der Waals surface area contributed by atoms with E-state index in [4.69, 9.17) is 4.74 Å². The maximum absolute atomic E-state index is 12.4. The Morgan fingerprint density at radius 3 is 2.54 bits per heavy atom. The number of benzene rings is 2. The molecule has 0 spiro atoms. The Labute approximate surface area is 164 Å². The fraction of sp³-hybridized carbons (Fsp3) is 0.409. The highest BCUT2D eigenvalue weighted by atomic mass is 16.5. The van der Waals surface area contributed by atoms with Crippen LogP contribution in [0, 0.1) is 0 Å². The van der Waals surface area contributed by atoms with Gasteiger partial charge in [-0.25, -0.2) is 0 Å². The summed E-state index contributed by atoms with van der Waals surface area (Å²) in [5, 5.41) is 23.3. The number of nitrogens with zero attached hydrogens (tertiary/aromatic N) is 1. The lowest BCUT2D eigenvalue weighted by atomic mass is 9.95. The summed E-state index contributed by atoms with van der Waals surface area (Å²) < 4.78 is 5.91. The highest BCUT2D eigenvalue weighted by Crippen LogP contribution is 2.30. The van der Waals surface area contributed by atoms with E-state index in [0.29, 0.717) is 5.56 Å². The van der Waals surface area contributed by atoms with E-state index in [0.717, 1.165) is 19.5 Å². The number of amides is 1. The van der Waals surface area contributed by atoms with E-state index in [9.17, 15) is 15.0 Å². The van der Waals surface area contributed by atoms with Crippen LogP contribution in [0.2, 0.25) is 0 Å². The van der Waals surface area contributed by atoms with Gasteiger partial charge in [-0.3, -0.25) is 9.69 Å². The number of hydrogen-bond acceptors (Lipinski definition) is 5. The molecule has 0 saturated carbocycles. The molecule has 6 heteroatoms. The molecule has 2 aromatic carbocycles. The molecule has 4 rings (SSSR count). The van der Waals surface area contributed by atoms with Gasteiger partial charge in [0.25, 0.3) is 5.91 Å². The Balaban J connectivity index is 1.47. The summed E-state index contributed by atoms with van der Waals surface area (Å²) >= 11 is 0. The van der Waals surface area contributed by atoms with Crippen LogP contribution in [0.25, 0.3) is 0 Å². The van der Waals surface area contributed by atoms with Crippen LogP contribution in [0.15, 0.2) is 54.6 Å². The maximum atomic E-state index is 12.4. The molecule has 0 bridgehead atoms. The smallest absolute Gasteiger partial charge is 0.251 e. The zero-order chi connectivity index (χ0) is 19.5. The van der Waals surface area contributed by atoms with E-state index < -0.39 is 12.2 Å². The summed E-state index contributed by atoms with van der Waals surface area (Å²) in [4.78, 5) is 14.6. The summed E-state index contributed by atoms with van der Waals surface area (Å²) in [6.45, 7) is 1.57. The van der Waals surface area contributed by atoms with Crippen molar-refractivity contribution in [1.29, 1.82) is 0 Å². The average molecular weight is 382 g/mol. The second-order valence-corrected chi connectivity index (χ2v) is 7.44. The van der Waals surface area contributed by atoms with E-state index in [1.54, 1.807) is 12.1 Å². The maximum Gasteiger partial charge on any atom is 0.251 e. The van der Waals surface area contributed by atoms with Gasteiger partial charge < -0.3 is 20.3 Å². The second-order valence-electron chi connectivity index (χ2n) is 7.44. The van der Waals surface area contributed by atoms with E-state index >= 15 is 0 Å². The highest BCUT2D eigenvalue weighted by molar-refractivity contribution is 5.94. The summed E-state index contributed by atoms with van der Waals surface area (Å²) in [7, 11) is 0. The molecule has 3 N–H and O–H groups in total. The number of aliphatic hydroxyl groups excluding tert-OH is 2. The van der Waals surface area contributed by atoms with Crippen LogP contribution < -0.4 is 5.32 Å². The van der Waals surface area contributed by atoms with Crippen molar-refractivity contribution in [3.05, 3.63) is 71.3 Å². The van der Waals surface area contributed by atoms with Crippen molar-refractivity contribution in [2.24, 2.45) is 0 Å². The first kappa shape index (κ1) is 19.1. The molecule has 0 radical (unpaired) electrons. The Hall–Kier alpha value is -2.25.